The molecule has 0 spiro atoms. The molecule has 0 amide bonds. The molecule has 4 rings (SSSR count). The summed E-state index contributed by atoms with van der Waals surface area (Å²) in [5, 5.41) is 12.9. The van der Waals surface area contributed by atoms with E-state index in [9.17, 15) is 9.65 Å². The van der Waals surface area contributed by atoms with Gasteiger partial charge < -0.3 is 15.0 Å². The number of benzene rings is 2. The van der Waals surface area contributed by atoms with Crippen LogP contribution in [0.4, 0.5) is 15.9 Å². The number of halogens is 3. The standard InChI is InChI=1S/C21H16Cl2FN5O/c1-30-18-8-17-14(7-13(18)12-3-2-6-29(9-12)10-25)21(27-11-26-17)28-16-5-4-15(22)19(23)20(16)24/h3-5,7-8,11H,2,6,9H2,1H3,(H,26,27,28). The van der Waals surface area contributed by atoms with Crippen LogP contribution in [0.1, 0.15) is 12.0 Å². The van der Waals surface area contributed by atoms with Crippen LogP contribution in [-0.4, -0.2) is 35.1 Å². The number of nitrogens with one attached hydrogen (secondary N) is 1. The molecule has 152 valence electrons. The van der Waals surface area contributed by atoms with Crippen LogP contribution in [0.15, 0.2) is 36.7 Å². The van der Waals surface area contributed by atoms with Crippen molar-refractivity contribution in [1.82, 2.24) is 14.9 Å². The Balaban J connectivity index is 1.82. The number of ether oxygens (including phenoxy) is 1. The molecule has 1 aliphatic rings. The Morgan fingerprint density at radius 2 is 2.10 bits per heavy atom. The third-order valence-corrected chi connectivity index (χ3v) is 5.66. The van der Waals surface area contributed by atoms with Crippen LogP contribution in [0.2, 0.25) is 10.0 Å². The second kappa shape index (κ2) is 8.34. The number of nitriles is 1. The van der Waals surface area contributed by atoms with Gasteiger partial charge in [0.1, 0.15) is 17.9 Å². The molecule has 0 saturated heterocycles. The lowest BCUT2D eigenvalue weighted by Gasteiger charge is -2.23. The van der Waals surface area contributed by atoms with Gasteiger partial charge in [0.05, 0.1) is 34.9 Å². The molecular formula is C21H16Cl2FN5O. The quantitative estimate of drug-likeness (QED) is 0.429. The lowest BCUT2D eigenvalue weighted by molar-refractivity contribution is 0.409. The molecule has 0 atom stereocenters. The minimum Gasteiger partial charge on any atom is -0.496 e. The summed E-state index contributed by atoms with van der Waals surface area (Å²) >= 11 is 11.8. The fraction of sp³-hybridized carbons (Fsp3) is 0.190. The van der Waals surface area contributed by atoms with E-state index >= 15 is 0 Å². The molecule has 1 N–H and O–H groups in total. The number of aromatic nitrogens is 2. The van der Waals surface area contributed by atoms with Gasteiger partial charge in [-0.25, -0.2) is 14.4 Å². The highest BCUT2D eigenvalue weighted by molar-refractivity contribution is 6.42. The van der Waals surface area contributed by atoms with Crippen molar-refractivity contribution in [2.45, 2.75) is 6.42 Å². The molecule has 0 unspecified atom stereocenters. The molecule has 0 radical (unpaired) electrons. The maximum absolute atomic E-state index is 14.5. The Labute approximate surface area is 182 Å². The fourth-order valence-electron chi connectivity index (χ4n) is 3.38. The first kappa shape index (κ1) is 20.2. The summed E-state index contributed by atoms with van der Waals surface area (Å²) < 4.78 is 20.1. The van der Waals surface area contributed by atoms with Crippen molar-refractivity contribution in [3.8, 4) is 11.9 Å². The molecule has 1 aromatic heterocycles. The van der Waals surface area contributed by atoms with Gasteiger partial charge >= 0.3 is 0 Å². The second-order valence-corrected chi connectivity index (χ2v) is 7.46. The van der Waals surface area contributed by atoms with Gasteiger partial charge in [-0.1, -0.05) is 29.3 Å². The average Bonchev–Trinajstić information content (AvgIpc) is 2.78. The van der Waals surface area contributed by atoms with Gasteiger partial charge in [-0.3, -0.25) is 0 Å². The van der Waals surface area contributed by atoms with Crippen molar-refractivity contribution in [2.24, 2.45) is 0 Å². The number of fused-ring (bicyclic) bond motifs is 1. The number of anilines is 2. The van der Waals surface area contributed by atoms with E-state index in [-0.39, 0.29) is 15.7 Å². The lowest BCUT2D eigenvalue weighted by Crippen LogP contribution is -2.24. The number of hydrogen-bond donors (Lipinski definition) is 1. The maximum atomic E-state index is 14.5. The van der Waals surface area contributed by atoms with Crippen LogP contribution >= 0.6 is 23.2 Å². The van der Waals surface area contributed by atoms with Crippen molar-refractivity contribution in [2.75, 3.05) is 25.5 Å². The predicted molar refractivity (Wildman–Crippen MR) is 116 cm³/mol. The van der Waals surface area contributed by atoms with E-state index in [0.29, 0.717) is 35.6 Å². The highest BCUT2D eigenvalue weighted by atomic mass is 35.5. The second-order valence-electron chi connectivity index (χ2n) is 6.68. The third kappa shape index (κ3) is 3.72. The molecule has 0 aliphatic carbocycles. The largest absolute Gasteiger partial charge is 0.496 e. The Hall–Kier alpha value is -3.08. The summed E-state index contributed by atoms with van der Waals surface area (Å²) in [5.74, 6) is 0.387. The molecule has 1 aliphatic heterocycles. The Morgan fingerprint density at radius 3 is 2.87 bits per heavy atom. The predicted octanol–water partition coefficient (Wildman–Crippen LogP) is 5.40. The topological polar surface area (TPSA) is 74.1 Å². The summed E-state index contributed by atoms with van der Waals surface area (Å²) in [6, 6.07) is 6.69. The van der Waals surface area contributed by atoms with Gasteiger partial charge in [0.25, 0.3) is 0 Å². The van der Waals surface area contributed by atoms with Crippen molar-refractivity contribution in [3.05, 3.63) is 58.1 Å². The Kier molecular flexibility index (Phi) is 5.62. The molecule has 3 aromatic rings. The van der Waals surface area contributed by atoms with E-state index in [2.05, 4.69) is 27.6 Å². The van der Waals surface area contributed by atoms with Gasteiger partial charge in [0.15, 0.2) is 12.0 Å². The minimum atomic E-state index is -0.663. The Morgan fingerprint density at radius 1 is 1.27 bits per heavy atom. The van der Waals surface area contributed by atoms with Crippen LogP contribution in [0.5, 0.6) is 5.75 Å². The lowest BCUT2D eigenvalue weighted by atomic mass is 9.98. The first-order valence-electron chi connectivity index (χ1n) is 9.09. The third-order valence-electron chi connectivity index (χ3n) is 4.88. The molecule has 2 heterocycles. The minimum absolute atomic E-state index is 0.130. The van der Waals surface area contributed by atoms with Crippen LogP contribution in [-0.2, 0) is 0 Å². The normalized spacial score (nSPS) is 13.7. The zero-order valence-corrected chi connectivity index (χ0v) is 17.4. The van der Waals surface area contributed by atoms with Crippen molar-refractivity contribution >= 4 is 51.2 Å². The fourth-order valence-corrected chi connectivity index (χ4v) is 3.69. The van der Waals surface area contributed by atoms with E-state index in [1.165, 1.54) is 18.5 Å². The first-order chi connectivity index (χ1) is 14.5. The molecular weight excluding hydrogens is 428 g/mol. The van der Waals surface area contributed by atoms with Gasteiger partial charge in [-0.15, -0.1) is 0 Å². The van der Waals surface area contributed by atoms with E-state index in [1.807, 2.05) is 6.07 Å². The number of nitrogens with zero attached hydrogens (tertiary/aromatic N) is 4. The summed E-state index contributed by atoms with van der Waals surface area (Å²) in [4.78, 5) is 10.3. The monoisotopic (exact) mass is 443 g/mol. The Bertz CT molecular complexity index is 1210. The molecule has 30 heavy (non-hydrogen) atoms. The average molecular weight is 444 g/mol. The van der Waals surface area contributed by atoms with Crippen LogP contribution in [0, 0.1) is 17.3 Å². The van der Waals surface area contributed by atoms with Gasteiger partial charge in [0.2, 0.25) is 0 Å². The number of rotatable bonds is 4. The van der Waals surface area contributed by atoms with Crippen LogP contribution in [0.25, 0.3) is 16.5 Å². The SMILES string of the molecule is COc1cc2ncnc(Nc3ccc(Cl)c(Cl)c3F)c2cc1C1=CCCN(C#N)C1. The molecule has 2 aromatic carbocycles. The van der Waals surface area contributed by atoms with Gasteiger partial charge in [-0.05, 0) is 30.2 Å². The van der Waals surface area contributed by atoms with Gasteiger partial charge in [-0.2, -0.15) is 5.26 Å². The first-order valence-corrected chi connectivity index (χ1v) is 9.84. The van der Waals surface area contributed by atoms with Crippen LogP contribution in [0.3, 0.4) is 0 Å². The van der Waals surface area contributed by atoms with Crippen LogP contribution < -0.4 is 10.1 Å². The molecule has 9 heteroatoms. The number of methoxy groups -OCH3 is 1. The van der Waals surface area contributed by atoms with E-state index in [0.717, 1.165) is 17.6 Å². The summed E-state index contributed by atoms with van der Waals surface area (Å²) in [7, 11) is 1.58. The van der Waals surface area contributed by atoms with Crippen molar-refractivity contribution in [3.63, 3.8) is 0 Å². The highest BCUT2D eigenvalue weighted by Gasteiger charge is 2.19. The summed E-state index contributed by atoms with van der Waals surface area (Å²) in [6.07, 6.45) is 6.42. The summed E-state index contributed by atoms with van der Waals surface area (Å²) in [5.41, 5.74) is 2.57. The maximum Gasteiger partial charge on any atom is 0.179 e. The van der Waals surface area contributed by atoms with Crippen molar-refractivity contribution < 1.29 is 9.13 Å². The smallest absolute Gasteiger partial charge is 0.179 e. The van der Waals surface area contributed by atoms with E-state index < -0.39 is 5.82 Å². The zero-order valence-electron chi connectivity index (χ0n) is 15.9. The molecule has 0 fully saturated rings. The molecule has 0 bridgehead atoms. The summed E-state index contributed by atoms with van der Waals surface area (Å²) in [6.45, 7) is 1.17. The highest BCUT2D eigenvalue weighted by Crippen LogP contribution is 2.36. The van der Waals surface area contributed by atoms with E-state index in [1.54, 1.807) is 18.1 Å². The van der Waals surface area contributed by atoms with Gasteiger partial charge in [0, 0.05) is 23.6 Å². The van der Waals surface area contributed by atoms with E-state index in [4.69, 9.17) is 27.9 Å². The zero-order chi connectivity index (χ0) is 21.3. The molecule has 0 saturated carbocycles. The number of hydrogen-bond acceptors (Lipinski definition) is 6. The molecule has 6 nitrogen and oxygen atoms in total. The van der Waals surface area contributed by atoms with Crippen molar-refractivity contribution in [1.29, 1.82) is 5.26 Å².